The second-order valence-corrected chi connectivity index (χ2v) is 5.64. The molecule has 3 amide bonds. The van der Waals surface area contributed by atoms with E-state index in [-0.39, 0.29) is 30.0 Å². The second kappa shape index (κ2) is 7.60. The van der Waals surface area contributed by atoms with Crippen molar-refractivity contribution in [2.24, 2.45) is 0 Å². The fourth-order valence-corrected chi connectivity index (χ4v) is 2.52. The summed E-state index contributed by atoms with van der Waals surface area (Å²) in [6, 6.07) is 15.0. The molecular weight excluding hydrogens is 336 g/mol. The third-order valence-corrected chi connectivity index (χ3v) is 3.83. The first-order chi connectivity index (χ1) is 12.6. The van der Waals surface area contributed by atoms with Gasteiger partial charge in [0.05, 0.1) is 11.1 Å². The Morgan fingerprint density at radius 1 is 0.885 bits per heavy atom. The van der Waals surface area contributed by atoms with Gasteiger partial charge in [-0.1, -0.05) is 35.4 Å². The van der Waals surface area contributed by atoms with Crippen LogP contribution in [-0.4, -0.2) is 35.3 Å². The van der Waals surface area contributed by atoms with Crippen LogP contribution in [0.2, 0.25) is 0 Å². The molecule has 0 aliphatic carbocycles. The van der Waals surface area contributed by atoms with Crippen molar-refractivity contribution in [1.29, 1.82) is 0 Å². The number of amides is 3. The van der Waals surface area contributed by atoms with Crippen LogP contribution in [0.3, 0.4) is 0 Å². The number of imide groups is 1. The SMILES string of the molecule is O=C(CCCNC(=O)c1ccccc1)ON1C(=O)c2ccccc2C1=O. The van der Waals surface area contributed by atoms with Crippen LogP contribution < -0.4 is 5.32 Å². The van der Waals surface area contributed by atoms with Crippen LogP contribution in [0.5, 0.6) is 0 Å². The Bertz CT molecular complexity index is 828. The summed E-state index contributed by atoms with van der Waals surface area (Å²) in [5, 5.41) is 3.17. The van der Waals surface area contributed by atoms with Crippen molar-refractivity contribution in [3.63, 3.8) is 0 Å². The van der Waals surface area contributed by atoms with Gasteiger partial charge >= 0.3 is 5.97 Å². The molecule has 2 aromatic rings. The van der Waals surface area contributed by atoms with Gasteiger partial charge in [-0.3, -0.25) is 14.4 Å². The number of hydroxylamine groups is 2. The van der Waals surface area contributed by atoms with Crippen LogP contribution in [0.4, 0.5) is 0 Å². The molecule has 0 radical (unpaired) electrons. The van der Waals surface area contributed by atoms with Crippen LogP contribution in [-0.2, 0) is 9.63 Å². The van der Waals surface area contributed by atoms with Gasteiger partial charge in [-0.25, -0.2) is 4.79 Å². The molecule has 0 saturated heterocycles. The van der Waals surface area contributed by atoms with E-state index in [0.717, 1.165) is 0 Å². The van der Waals surface area contributed by atoms with E-state index in [4.69, 9.17) is 4.84 Å². The number of carbonyl (C=O) groups is 4. The van der Waals surface area contributed by atoms with E-state index in [1.807, 2.05) is 6.07 Å². The highest BCUT2D eigenvalue weighted by Crippen LogP contribution is 2.22. The molecule has 0 atom stereocenters. The van der Waals surface area contributed by atoms with Gasteiger partial charge in [0.15, 0.2) is 0 Å². The maximum atomic E-state index is 12.1. The fourth-order valence-electron chi connectivity index (χ4n) is 2.52. The van der Waals surface area contributed by atoms with Crippen LogP contribution in [0.25, 0.3) is 0 Å². The molecule has 1 aliphatic heterocycles. The Morgan fingerprint density at radius 2 is 1.46 bits per heavy atom. The average Bonchev–Trinajstić information content (AvgIpc) is 2.91. The number of hydrogen-bond acceptors (Lipinski definition) is 5. The second-order valence-electron chi connectivity index (χ2n) is 5.64. The van der Waals surface area contributed by atoms with Crippen LogP contribution in [0.15, 0.2) is 54.6 Å². The fraction of sp³-hybridized carbons (Fsp3) is 0.158. The van der Waals surface area contributed by atoms with Gasteiger partial charge in [-0.2, -0.15) is 0 Å². The van der Waals surface area contributed by atoms with Crippen molar-refractivity contribution in [3.05, 3.63) is 71.3 Å². The first-order valence-corrected chi connectivity index (χ1v) is 8.10. The number of hydrogen-bond donors (Lipinski definition) is 1. The number of rotatable bonds is 6. The summed E-state index contributed by atoms with van der Waals surface area (Å²) >= 11 is 0. The summed E-state index contributed by atoms with van der Waals surface area (Å²) < 4.78 is 0. The van der Waals surface area contributed by atoms with Crippen LogP contribution in [0.1, 0.15) is 43.9 Å². The van der Waals surface area contributed by atoms with Gasteiger partial charge in [0.1, 0.15) is 0 Å². The quantitative estimate of drug-likeness (QED) is 0.634. The number of fused-ring (bicyclic) bond motifs is 1. The average molecular weight is 352 g/mol. The molecule has 7 nitrogen and oxygen atoms in total. The summed E-state index contributed by atoms with van der Waals surface area (Å²) in [5.74, 6) is -2.26. The first-order valence-electron chi connectivity index (χ1n) is 8.10. The Labute approximate surface area is 149 Å². The van der Waals surface area contributed by atoms with E-state index in [9.17, 15) is 19.2 Å². The summed E-state index contributed by atoms with van der Waals surface area (Å²) in [6.45, 7) is 0.269. The van der Waals surface area contributed by atoms with E-state index in [1.165, 1.54) is 12.1 Å². The molecule has 2 aromatic carbocycles. The van der Waals surface area contributed by atoms with Crippen molar-refractivity contribution in [2.75, 3.05) is 6.54 Å². The van der Waals surface area contributed by atoms with Gasteiger partial charge in [0.25, 0.3) is 17.7 Å². The summed E-state index contributed by atoms with van der Waals surface area (Å²) in [7, 11) is 0. The normalized spacial score (nSPS) is 12.7. The minimum absolute atomic E-state index is 0.0392. The molecule has 7 heteroatoms. The van der Waals surface area contributed by atoms with Crippen molar-refractivity contribution >= 4 is 23.7 Å². The largest absolute Gasteiger partial charge is 0.352 e. The molecule has 3 rings (SSSR count). The zero-order valence-corrected chi connectivity index (χ0v) is 13.8. The molecule has 1 heterocycles. The van der Waals surface area contributed by atoms with Gasteiger partial charge in [-0.05, 0) is 30.7 Å². The predicted octanol–water partition coefficient (Wildman–Crippen LogP) is 1.95. The Hall–Kier alpha value is -3.48. The van der Waals surface area contributed by atoms with E-state index in [2.05, 4.69) is 5.32 Å². The summed E-state index contributed by atoms with van der Waals surface area (Å²) in [4.78, 5) is 52.8. The van der Waals surface area contributed by atoms with Gasteiger partial charge in [-0.15, -0.1) is 0 Å². The molecule has 1 aliphatic rings. The molecule has 0 bridgehead atoms. The smallest absolute Gasteiger partial charge is 0.333 e. The van der Waals surface area contributed by atoms with Crippen molar-refractivity contribution < 1.29 is 24.0 Å². The molecule has 0 fully saturated rings. The van der Waals surface area contributed by atoms with Gasteiger partial charge < -0.3 is 10.2 Å². The third kappa shape index (κ3) is 3.61. The number of benzene rings is 2. The lowest BCUT2D eigenvalue weighted by atomic mass is 10.1. The third-order valence-electron chi connectivity index (χ3n) is 3.83. The Kier molecular flexibility index (Phi) is 5.07. The highest BCUT2D eigenvalue weighted by molar-refractivity contribution is 6.20. The Morgan fingerprint density at radius 3 is 2.08 bits per heavy atom. The highest BCUT2D eigenvalue weighted by Gasteiger charge is 2.38. The van der Waals surface area contributed by atoms with E-state index < -0.39 is 17.8 Å². The molecule has 1 N–H and O–H groups in total. The van der Waals surface area contributed by atoms with Crippen molar-refractivity contribution in [1.82, 2.24) is 10.4 Å². The van der Waals surface area contributed by atoms with Crippen LogP contribution in [0, 0.1) is 0 Å². The lowest BCUT2D eigenvalue weighted by Crippen LogP contribution is -2.33. The van der Waals surface area contributed by atoms with E-state index >= 15 is 0 Å². The van der Waals surface area contributed by atoms with Gasteiger partial charge in [0, 0.05) is 18.5 Å². The molecule has 0 saturated carbocycles. The zero-order chi connectivity index (χ0) is 18.5. The number of nitrogens with zero attached hydrogens (tertiary/aromatic N) is 1. The predicted molar refractivity (Wildman–Crippen MR) is 91.0 cm³/mol. The maximum absolute atomic E-state index is 12.1. The maximum Gasteiger partial charge on any atom is 0.333 e. The molecule has 0 aromatic heterocycles. The molecule has 0 spiro atoms. The minimum atomic E-state index is -0.714. The Balaban J connectivity index is 1.45. The lowest BCUT2D eigenvalue weighted by Gasteiger charge is -2.12. The monoisotopic (exact) mass is 352 g/mol. The van der Waals surface area contributed by atoms with Crippen molar-refractivity contribution in [2.45, 2.75) is 12.8 Å². The van der Waals surface area contributed by atoms with Crippen molar-refractivity contribution in [3.8, 4) is 0 Å². The van der Waals surface area contributed by atoms with E-state index in [1.54, 1.807) is 36.4 Å². The molecule has 26 heavy (non-hydrogen) atoms. The zero-order valence-electron chi connectivity index (χ0n) is 13.8. The van der Waals surface area contributed by atoms with Gasteiger partial charge in [0.2, 0.25) is 0 Å². The standard InChI is InChI=1S/C19H16N2O5/c22-16(11-6-12-20-17(23)13-7-2-1-3-8-13)26-21-18(24)14-9-4-5-10-15(14)19(21)25/h1-5,7-10H,6,11-12H2,(H,20,23). The highest BCUT2D eigenvalue weighted by atomic mass is 16.7. The number of nitrogens with one attached hydrogen (secondary N) is 1. The molecular formula is C19H16N2O5. The van der Waals surface area contributed by atoms with E-state index in [0.29, 0.717) is 17.0 Å². The first kappa shape index (κ1) is 17.3. The topological polar surface area (TPSA) is 92.8 Å². The minimum Gasteiger partial charge on any atom is -0.352 e. The number of carbonyl (C=O) groups excluding carboxylic acids is 4. The summed E-state index contributed by atoms with van der Waals surface area (Å²) in [6.07, 6.45) is 0.281. The molecule has 132 valence electrons. The van der Waals surface area contributed by atoms with Crippen LogP contribution >= 0.6 is 0 Å². The molecule has 0 unspecified atom stereocenters. The lowest BCUT2D eigenvalue weighted by molar-refractivity contribution is -0.168. The summed E-state index contributed by atoms with van der Waals surface area (Å²) in [5.41, 5.74) is 0.946.